The molecule has 1 heterocycles. The van der Waals surface area contributed by atoms with E-state index in [1.165, 1.54) is 0 Å². The number of piperidine rings is 1. The molecule has 0 atom stereocenters. The molecule has 0 radical (unpaired) electrons. The second-order valence-electron chi connectivity index (χ2n) is 5.01. The van der Waals surface area contributed by atoms with Gasteiger partial charge in [0.1, 0.15) is 5.78 Å². The molecule has 0 saturated carbocycles. The summed E-state index contributed by atoms with van der Waals surface area (Å²) in [6.07, 6.45) is 3.03. The van der Waals surface area contributed by atoms with Crippen molar-refractivity contribution in [2.75, 3.05) is 19.6 Å². The molecule has 1 aliphatic rings. The molecular formula is C16H29NO. The smallest absolute Gasteiger partial charge is 0.131 e. The van der Waals surface area contributed by atoms with Crippen molar-refractivity contribution >= 4 is 5.78 Å². The van der Waals surface area contributed by atoms with Gasteiger partial charge in [0.25, 0.3) is 0 Å². The predicted octanol–water partition coefficient (Wildman–Crippen LogP) is 3.36. The molecule has 104 valence electrons. The second-order valence-corrected chi connectivity index (χ2v) is 5.01. The van der Waals surface area contributed by atoms with Crippen molar-refractivity contribution in [2.24, 2.45) is 11.8 Å². The van der Waals surface area contributed by atoms with Crippen LogP contribution in [0, 0.1) is 23.7 Å². The third-order valence-electron chi connectivity index (χ3n) is 2.94. The Hall–Kier alpha value is -0.810. The number of ketones is 1. The fourth-order valence-corrected chi connectivity index (χ4v) is 1.90. The first-order valence-corrected chi connectivity index (χ1v) is 7.30. The standard InChI is InChI=1S/C14H23NO.C2H6/c1-12(2)4-5-14-7-10-15(11-8-14)9-6-13(3)16;1-2/h12,14H,6-11H2,1-3H3;1-2H3. The molecule has 2 heteroatoms. The zero-order valence-electron chi connectivity index (χ0n) is 12.8. The Balaban J connectivity index is 0.00000137. The maximum Gasteiger partial charge on any atom is 0.131 e. The zero-order valence-corrected chi connectivity index (χ0v) is 12.8. The molecule has 1 fully saturated rings. The van der Waals surface area contributed by atoms with E-state index in [4.69, 9.17) is 0 Å². The molecule has 2 nitrogen and oxygen atoms in total. The van der Waals surface area contributed by atoms with Crippen LogP contribution in [0.2, 0.25) is 0 Å². The summed E-state index contributed by atoms with van der Waals surface area (Å²) in [4.78, 5) is 13.3. The first kappa shape index (κ1) is 17.2. The second kappa shape index (κ2) is 10.1. The van der Waals surface area contributed by atoms with Crippen molar-refractivity contribution in [1.29, 1.82) is 0 Å². The van der Waals surface area contributed by atoms with Crippen LogP contribution in [0.25, 0.3) is 0 Å². The number of carbonyl (C=O) groups is 1. The normalized spacial score (nSPS) is 16.6. The highest BCUT2D eigenvalue weighted by atomic mass is 16.1. The van der Waals surface area contributed by atoms with Gasteiger partial charge in [-0.2, -0.15) is 0 Å². The van der Waals surface area contributed by atoms with Gasteiger partial charge in [-0.05, 0) is 32.9 Å². The molecule has 0 amide bonds. The molecule has 0 spiro atoms. The van der Waals surface area contributed by atoms with Crippen LogP contribution in [0.1, 0.15) is 53.9 Å². The largest absolute Gasteiger partial charge is 0.303 e. The molecule has 1 saturated heterocycles. The highest BCUT2D eigenvalue weighted by Gasteiger charge is 2.17. The van der Waals surface area contributed by atoms with E-state index < -0.39 is 0 Å². The Morgan fingerprint density at radius 1 is 1.28 bits per heavy atom. The molecule has 1 rings (SSSR count). The molecule has 0 aromatic heterocycles. The van der Waals surface area contributed by atoms with E-state index in [1.807, 2.05) is 13.8 Å². The van der Waals surface area contributed by atoms with Crippen LogP contribution in [-0.2, 0) is 4.79 Å². The van der Waals surface area contributed by atoms with Gasteiger partial charge in [-0.15, -0.1) is 5.92 Å². The lowest BCUT2D eigenvalue weighted by Gasteiger charge is -2.29. The van der Waals surface area contributed by atoms with Crippen molar-refractivity contribution in [1.82, 2.24) is 4.90 Å². The summed E-state index contributed by atoms with van der Waals surface area (Å²) in [7, 11) is 0. The highest BCUT2D eigenvalue weighted by molar-refractivity contribution is 5.75. The van der Waals surface area contributed by atoms with E-state index in [0.717, 1.165) is 32.5 Å². The maximum absolute atomic E-state index is 10.9. The van der Waals surface area contributed by atoms with Gasteiger partial charge in [0.2, 0.25) is 0 Å². The number of hydrogen-bond acceptors (Lipinski definition) is 2. The monoisotopic (exact) mass is 251 g/mol. The lowest BCUT2D eigenvalue weighted by molar-refractivity contribution is -0.117. The summed E-state index contributed by atoms with van der Waals surface area (Å²) in [6.45, 7) is 13.1. The summed E-state index contributed by atoms with van der Waals surface area (Å²) in [5, 5.41) is 0. The maximum atomic E-state index is 10.9. The van der Waals surface area contributed by atoms with E-state index >= 15 is 0 Å². The Morgan fingerprint density at radius 3 is 2.28 bits per heavy atom. The molecule has 1 aliphatic heterocycles. The lowest BCUT2D eigenvalue weighted by Crippen LogP contribution is -2.34. The van der Waals surface area contributed by atoms with Gasteiger partial charge in [0.15, 0.2) is 0 Å². The Kier molecular flexibility index (Phi) is 9.69. The third kappa shape index (κ3) is 8.31. The van der Waals surface area contributed by atoms with Crippen LogP contribution >= 0.6 is 0 Å². The Labute approximate surface area is 113 Å². The van der Waals surface area contributed by atoms with Gasteiger partial charge in [0, 0.05) is 24.8 Å². The molecule has 0 aromatic rings. The van der Waals surface area contributed by atoms with Crippen molar-refractivity contribution in [3.05, 3.63) is 0 Å². The highest BCUT2D eigenvalue weighted by Crippen LogP contribution is 2.16. The van der Waals surface area contributed by atoms with E-state index in [-0.39, 0.29) is 0 Å². The average Bonchev–Trinajstić information content (AvgIpc) is 2.37. The van der Waals surface area contributed by atoms with Crippen LogP contribution in [0.5, 0.6) is 0 Å². The minimum Gasteiger partial charge on any atom is -0.303 e. The molecule has 0 unspecified atom stereocenters. The minimum atomic E-state index is 0.293. The van der Waals surface area contributed by atoms with Crippen LogP contribution in [-0.4, -0.2) is 30.3 Å². The number of rotatable bonds is 3. The first-order chi connectivity index (χ1) is 8.58. The number of likely N-dealkylation sites (tertiary alicyclic amines) is 1. The molecular weight excluding hydrogens is 222 g/mol. The summed E-state index contributed by atoms with van der Waals surface area (Å²) in [5.41, 5.74) is 0. The van der Waals surface area contributed by atoms with Crippen molar-refractivity contribution < 1.29 is 4.79 Å². The predicted molar refractivity (Wildman–Crippen MR) is 78.4 cm³/mol. The lowest BCUT2D eigenvalue weighted by atomic mass is 9.96. The van der Waals surface area contributed by atoms with Gasteiger partial charge in [-0.3, -0.25) is 4.79 Å². The summed E-state index contributed by atoms with van der Waals surface area (Å²) < 4.78 is 0. The first-order valence-electron chi connectivity index (χ1n) is 7.30. The molecule has 0 aliphatic carbocycles. The SMILES string of the molecule is CC.CC(=O)CCN1CCC(C#CC(C)C)CC1. The Bertz CT molecular complexity index is 277. The molecule has 0 N–H and O–H groups in total. The number of Topliss-reactive ketones (excluding diaryl/α,β-unsaturated/α-hetero) is 1. The van der Waals surface area contributed by atoms with Gasteiger partial charge < -0.3 is 4.90 Å². The Morgan fingerprint density at radius 2 is 1.83 bits per heavy atom. The fourth-order valence-electron chi connectivity index (χ4n) is 1.90. The van der Waals surface area contributed by atoms with Crippen LogP contribution in [0.4, 0.5) is 0 Å². The van der Waals surface area contributed by atoms with Crippen molar-refractivity contribution in [2.45, 2.75) is 53.9 Å². The van der Waals surface area contributed by atoms with Crippen LogP contribution < -0.4 is 0 Å². The van der Waals surface area contributed by atoms with E-state index in [1.54, 1.807) is 6.92 Å². The minimum absolute atomic E-state index is 0.293. The van der Waals surface area contributed by atoms with E-state index in [0.29, 0.717) is 24.0 Å². The summed E-state index contributed by atoms with van der Waals surface area (Å²) >= 11 is 0. The number of hydrogen-bond donors (Lipinski definition) is 0. The van der Waals surface area contributed by atoms with E-state index in [9.17, 15) is 4.79 Å². The number of nitrogens with zero attached hydrogens (tertiary/aromatic N) is 1. The van der Waals surface area contributed by atoms with Gasteiger partial charge >= 0.3 is 0 Å². The fraction of sp³-hybridized carbons (Fsp3) is 0.812. The van der Waals surface area contributed by atoms with Crippen LogP contribution in [0.15, 0.2) is 0 Å². The number of carbonyl (C=O) groups excluding carboxylic acids is 1. The average molecular weight is 251 g/mol. The molecule has 0 aromatic carbocycles. The van der Waals surface area contributed by atoms with Gasteiger partial charge in [-0.25, -0.2) is 0 Å². The van der Waals surface area contributed by atoms with E-state index in [2.05, 4.69) is 30.6 Å². The topological polar surface area (TPSA) is 20.3 Å². The van der Waals surface area contributed by atoms with Crippen LogP contribution in [0.3, 0.4) is 0 Å². The third-order valence-corrected chi connectivity index (χ3v) is 2.94. The van der Waals surface area contributed by atoms with Crippen molar-refractivity contribution in [3.8, 4) is 11.8 Å². The van der Waals surface area contributed by atoms with Gasteiger partial charge in [0.05, 0.1) is 0 Å². The quantitative estimate of drug-likeness (QED) is 0.717. The van der Waals surface area contributed by atoms with Gasteiger partial charge in [-0.1, -0.05) is 33.6 Å². The molecule has 0 bridgehead atoms. The summed E-state index contributed by atoms with van der Waals surface area (Å²) in [5.74, 6) is 7.98. The summed E-state index contributed by atoms with van der Waals surface area (Å²) in [6, 6.07) is 0. The zero-order chi connectivity index (χ0) is 14.0. The van der Waals surface area contributed by atoms with Crippen molar-refractivity contribution in [3.63, 3.8) is 0 Å². The molecule has 18 heavy (non-hydrogen) atoms.